The topological polar surface area (TPSA) is 86.7 Å². The van der Waals surface area contributed by atoms with Gasteiger partial charge >= 0.3 is 0 Å². The van der Waals surface area contributed by atoms with Crippen molar-refractivity contribution in [1.29, 1.82) is 0 Å². The van der Waals surface area contributed by atoms with Crippen LogP contribution < -0.4 is 5.32 Å². The lowest BCUT2D eigenvalue weighted by atomic mass is 10.1. The number of hydrogen-bond acceptors (Lipinski definition) is 4. The van der Waals surface area contributed by atoms with E-state index in [9.17, 15) is 18.3 Å². The summed E-state index contributed by atoms with van der Waals surface area (Å²) in [7, 11) is -3.62. The van der Waals surface area contributed by atoms with Gasteiger partial charge < -0.3 is 10.4 Å². The maximum atomic E-state index is 12.8. The molecule has 0 aromatic heterocycles. The number of halogens is 1. The molecule has 1 fully saturated rings. The molecule has 0 aliphatic carbocycles. The molecular weight excluding hydrogens is 432 g/mol. The Bertz CT molecular complexity index is 970. The minimum atomic E-state index is -3.62. The van der Waals surface area contributed by atoms with Gasteiger partial charge in [-0.3, -0.25) is 4.79 Å². The van der Waals surface area contributed by atoms with Crippen LogP contribution in [0.25, 0.3) is 0 Å². The predicted molar refractivity (Wildman–Crippen MR) is 108 cm³/mol. The van der Waals surface area contributed by atoms with Gasteiger partial charge in [-0.1, -0.05) is 12.5 Å². The van der Waals surface area contributed by atoms with Crippen LogP contribution in [0.3, 0.4) is 0 Å². The molecule has 6 nitrogen and oxygen atoms in total. The fraction of sp³-hybridized carbons (Fsp3) is 0.316. The van der Waals surface area contributed by atoms with Gasteiger partial charge in [-0.2, -0.15) is 4.31 Å². The van der Waals surface area contributed by atoms with Crippen molar-refractivity contribution in [2.75, 3.05) is 18.4 Å². The van der Waals surface area contributed by atoms with Crippen LogP contribution in [0.5, 0.6) is 5.75 Å². The number of nitrogens with one attached hydrogen (secondary N) is 1. The smallest absolute Gasteiger partial charge is 0.255 e. The quantitative estimate of drug-likeness (QED) is 0.688. The van der Waals surface area contributed by atoms with Crippen LogP contribution in [-0.2, 0) is 10.0 Å². The van der Waals surface area contributed by atoms with E-state index in [4.69, 9.17) is 0 Å². The average molecular weight is 453 g/mol. The first-order chi connectivity index (χ1) is 12.8. The van der Waals surface area contributed by atoms with Crippen molar-refractivity contribution in [1.82, 2.24) is 4.31 Å². The Morgan fingerprint density at radius 3 is 2.56 bits per heavy atom. The van der Waals surface area contributed by atoms with Gasteiger partial charge in [-0.05, 0) is 71.6 Å². The molecule has 0 saturated carbocycles. The third kappa shape index (κ3) is 4.34. The van der Waals surface area contributed by atoms with Crippen molar-refractivity contribution in [2.24, 2.45) is 0 Å². The second-order valence-corrected chi connectivity index (χ2v) is 9.38. The normalized spacial score (nSPS) is 15.5. The molecule has 1 aliphatic heterocycles. The predicted octanol–water partition coefficient (Wildman–Crippen LogP) is 3.89. The standard InChI is InChI=1S/C19H21BrN2O4S/c1-13-10-16(20)18(23)17(11-13)21-19(24)14-6-5-7-15(12-14)27(25,26)22-8-3-2-4-9-22/h5-7,10-12,23H,2-4,8-9H2,1H3,(H,21,24). The Balaban J connectivity index is 1.86. The van der Waals surface area contributed by atoms with E-state index < -0.39 is 15.9 Å². The van der Waals surface area contributed by atoms with E-state index in [2.05, 4.69) is 21.2 Å². The highest BCUT2D eigenvalue weighted by atomic mass is 79.9. The molecule has 0 unspecified atom stereocenters. The van der Waals surface area contributed by atoms with Gasteiger partial charge in [-0.15, -0.1) is 0 Å². The number of phenolic OH excluding ortho intramolecular Hbond substituents is 1. The monoisotopic (exact) mass is 452 g/mol. The zero-order chi connectivity index (χ0) is 19.6. The molecule has 2 aromatic carbocycles. The highest BCUT2D eigenvalue weighted by molar-refractivity contribution is 9.10. The van der Waals surface area contributed by atoms with E-state index >= 15 is 0 Å². The highest BCUT2D eigenvalue weighted by Crippen LogP contribution is 2.33. The highest BCUT2D eigenvalue weighted by Gasteiger charge is 2.26. The second kappa shape index (κ2) is 8.00. The second-order valence-electron chi connectivity index (χ2n) is 6.59. The summed E-state index contributed by atoms with van der Waals surface area (Å²) in [6.45, 7) is 2.85. The Hall–Kier alpha value is -1.90. The van der Waals surface area contributed by atoms with Crippen LogP contribution in [0.1, 0.15) is 35.2 Å². The lowest BCUT2D eigenvalue weighted by molar-refractivity contribution is 0.102. The number of carbonyl (C=O) groups excluding carboxylic acids is 1. The molecule has 3 rings (SSSR count). The molecule has 0 bridgehead atoms. The average Bonchev–Trinajstić information content (AvgIpc) is 2.66. The van der Waals surface area contributed by atoms with Gasteiger partial charge in [0.25, 0.3) is 5.91 Å². The number of benzene rings is 2. The first kappa shape index (κ1) is 19.9. The number of sulfonamides is 1. The first-order valence-corrected chi connectivity index (χ1v) is 10.9. The molecule has 0 spiro atoms. The van der Waals surface area contributed by atoms with Crippen molar-refractivity contribution in [2.45, 2.75) is 31.1 Å². The van der Waals surface area contributed by atoms with Crippen molar-refractivity contribution < 1.29 is 18.3 Å². The molecule has 27 heavy (non-hydrogen) atoms. The summed E-state index contributed by atoms with van der Waals surface area (Å²) in [6, 6.07) is 9.36. The zero-order valence-electron chi connectivity index (χ0n) is 14.9. The number of piperidine rings is 1. The van der Waals surface area contributed by atoms with Crippen molar-refractivity contribution >= 4 is 37.5 Å². The van der Waals surface area contributed by atoms with Gasteiger partial charge in [0.1, 0.15) is 0 Å². The van der Waals surface area contributed by atoms with Crippen LogP contribution >= 0.6 is 15.9 Å². The van der Waals surface area contributed by atoms with E-state index in [1.807, 2.05) is 6.92 Å². The summed E-state index contributed by atoms with van der Waals surface area (Å²) in [6.07, 6.45) is 2.73. The van der Waals surface area contributed by atoms with Gasteiger partial charge in [0.05, 0.1) is 15.1 Å². The summed E-state index contributed by atoms with van der Waals surface area (Å²) in [5.41, 5.74) is 1.33. The number of aromatic hydroxyl groups is 1. The molecule has 2 aromatic rings. The molecule has 0 radical (unpaired) electrons. The number of rotatable bonds is 4. The van der Waals surface area contributed by atoms with Crippen LogP contribution in [0.15, 0.2) is 45.8 Å². The van der Waals surface area contributed by atoms with Crippen molar-refractivity contribution in [3.63, 3.8) is 0 Å². The minimum Gasteiger partial charge on any atom is -0.505 e. The fourth-order valence-corrected chi connectivity index (χ4v) is 5.21. The molecule has 0 atom stereocenters. The van der Waals surface area contributed by atoms with E-state index in [1.54, 1.807) is 24.3 Å². The Morgan fingerprint density at radius 1 is 1.15 bits per heavy atom. The number of amides is 1. The van der Waals surface area contributed by atoms with E-state index in [0.717, 1.165) is 24.8 Å². The summed E-state index contributed by atoms with van der Waals surface area (Å²) < 4.78 is 27.6. The molecule has 144 valence electrons. The fourth-order valence-electron chi connectivity index (χ4n) is 3.08. The van der Waals surface area contributed by atoms with Crippen molar-refractivity contribution in [3.8, 4) is 5.75 Å². The van der Waals surface area contributed by atoms with Crippen LogP contribution in [0.2, 0.25) is 0 Å². The third-order valence-electron chi connectivity index (χ3n) is 4.50. The van der Waals surface area contributed by atoms with Crippen LogP contribution in [0.4, 0.5) is 5.69 Å². The Morgan fingerprint density at radius 2 is 1.85 bits per heavy atom. The van der Waals surface area contributed by atoms with Gasteiger partial charge in [0, 0.05) is 18.7 Å². The lowest BCUT2D eigenvalue weighted by Gasteiger charge is -2.26. The van der Waals surface area contributed by atoms with Crippen molar-refractivity contribution in [3.05, 3.63) is 52.0 Å². The molecular formula is C19H21BrN2O4S. The van der Waals surface area contributed by atoms with Crippen LogP contribution in [-0.4, -0.2) is 36.8 Å². The molecule has 1 amide bonds. The lowest BCUT2D eigenvalue weighted by Crippen LogP contribution is -2.35. The van der Waals surface area contributed by atoms with Gasteiger partial charge in [0.15, 0.2) is 5.75 Å². The van der Waals surface area contributed by atoms with E-state index in [0.29, 0.717) is 17.6 Å². The van der Waals surface area contributed by atoms with Gasteiger partial charge in [-0.25, -0.2) is 8.42 Å². The maximum Gasteiger partial charge on any atom is 0.255 e. The number of hydrogen-bond donors (Lipinski definition) is 2. The summed E-state index contributed by atoms with van der Waals surface area (Å²) in [5.74, 6) is -0.565. The van der Waals surface area contributed by atoms with Crippen LogP contribution in [0, 0.1) is 6.92 Å². The molecule has 1 heterocycles. The number of carbonyl (C=O) groups is 1. The Labute approximate surface area is 167 Å². The maximum absolute atomic E-state index is 12.8. The molecule has 8 heteroatoms. The largest absolute Gasteiger partial charge is 0.505 e. The molecule has 1 saturated heterocycles. The molecule has 1 aliphatic rings. The van der Waals surface area contributed by atoms with Gasteiger partial charge in [0.2, 0.25) is 10.0 Å². The number of phenols is 1. The minimum absolute atomic E-state index is 0.0777. The summed E-state index contributed by atoms with van der Waals surface area (Å²) in [5, 5.41) is 12.7. The van der Waals surface area contributed by atoms with E-state index in [1.165, 1.54) is 16.4 Å². The number of nitrogens with zero attached hydrogens (tertiary/aromatic N) is 1. The first-order valence-electron chi connectivity index (χ1n) is 8.70. The third-order valence-corrected chi connectivity index (χ3v) is 7.00. The van der Waals surface area contributed by atoms with E-state index in [-0.39, 0.29) is 21.9 Å². The summed E-state index contributed by atoms with van der Waals surface area (Å²) >= 11 is 3.24. The zero-order valence-corrected chi connectivity index (χ0v) is 17.3. The Kier molecular flexibility index (Phi) is 5.88. The summed E-state index contributed by atoms with van der Waals surface area (Å²) in [4.78, 5) is 12.7. The number of aryl methyl sites for hydroxylation is 1. The number of anilines is 1. The SMILES string of the molecule is Cc1cc(Br)c(O)c(NC(=O)c2cccc(S(=O)(=O)N3CCCCC3)c2)c1. The molecule has 2 N–H and O–H groups in total.